The van der Waals surface area contributed by atoms with Gasteiger partial charge in [-0.25, -0.2) is 9.59 Å². The van der Waals surface area contributed by atoms with Gasteiger partial charge in [0.15, 0.2) is 0 Å². The van der Waals surface area contributed by atoms with Gasteiger partial charge in [-0.1, -0.05) is 0 Å². The molecule has 84 valence electrons. The summed E-state index contributed by atoms with van der Waals surface area (Å²) >= 11 is 0. The van der Waals surface area contributed by atoms with Gasteiger partial charge in [0.05, 0.1) is 20.8 Å². The number of hydrogen-bond acceptors (Lipinski definition) is 6. The molecule has 0 amide bonds. The predicted octanol–water partition coefficient (Wildman–Crippen LogP) is -0.178. The summed E-state index contributed by atoms with van der Waals surface area (Å²) in [7, 11) is 2.13. The van der Waals surface area contributed by atoms with Crippen LogP contribution in [0.2, 0.25) is 0 Å². The lowest BCUT2D eigenvalue weighted by atomic mass is 10.2. The number of carbonyl (C=O) groups excluding carboxylic acids is 3. The molecule has 0 bridgehead atoms. The summed E-state index contributed by atoms with van der Waals surface area (Å²) in [6.07, 6.45) is 0.880. The average Bonchev–Trinajstić information content (AvgIpc) is 2.27. The number of carbonyl (C=O) groups is 3. The van der Waals surface area contributed by atoms with E-state index in [-0.39, 0.29) is 6.61 Å². The minimum atomic E-state index is -1.15. The molecule has 0 saturated carbocycles. The number of ether oxygens (including phenoxy) is 3. The number of hydrogen-bond donors (Lipinski definition) is 0. The molecule has 0 aromatic heterocycles. The van der Waals surface area contributed by atoms with Crippen molar-refractivity contribution in [2.24, 2.45) is 0 Å². The Bertz CT molecular complexity index is 291. The van der Waals surface area contributed by atoms with Crippen LogP contribution in [0.15, 0.2) is 11.8 Å². The Kier molecular flexibility index (Phi) is 5.77. The highest BCUT2D eigenvalue weighted by Crippen LogP contribution is 2.02. The van der Waals surface area contributed by atoms with Crippen LogP contribution in [0.3, 0.4) is 0 Å². The van der Waals surface area contributed by atoms with Crippen LogP contribution < -0.4 is 0 Å². The molecule has 0 atom stereocenters. The van der Waals surface area contributed by atoms with Crippen molar-refractivity contribution >= 4 is 17.7 Å². The van der Waals surface area contributed by atoms with Crippen molar-refractivity contribution in [2.45, 2.75) is 6.92 Å². The fraction of sp³-hybridized carbons (Fsp3) is 0.444. The van der Waals surface area contributed by atoms with E-state index in [1.54, 1.807) is 6.92 Å². The molecule has 15 heavy (non-hydrogen) atoms. The van der Waals surface area contributed by atoms with E-state index in [0.29, 0.717) is 0 Å². The number of Topliss-reactive ketones (excluding diaryl/α,β-unsaturated/α-hetero) is 1. The van der Waals surface area contributed by atoms with Gasteiger partial charge in [-0.15, -0.1) is 0 Å². The molecule has 0 unspecified atom stereocenters. The third-order valence-corrected chi connectivity index (χ3v) is 1.39. The van der Waals surface area contributed by atoms with Crippen molar-refractivity contribution in [3.63, 3.8) is 0 Å². The molecule has 0 rings (SSSR count). The average molecular weight is 216 g/mol. The quantitative estimate of drug-likeness (QED) is 0.158. The number of ketones is 1. The van der Waals surface area contributed by atoms with Crippen LogP contribution >= 0.6 is 0 Å². The van der Waals surface area contributed by atoms with Gasteiger partial charge >= 0.3 is 11.9 Å². The van der Waals surface area contributed by atoms with E-state index in [1.165, 1.54) is 0 Å². The molecule has 0 aliphatic rings. The summed E-state index contributed by atoms with van der Waals surface area (Å²) < 4.78 is 13.2. The normalized spacial score (nSPS) is 10.5. The summed E-state index contributed by atoms with van der Waals surface area (Å²) in [5, 5.41) is 0. The highest BCUT2D eigenvalue weighted by atomic mass is 16.5. The van der Waals surface area contributed by atoms with Crippen molar-refractivity contribution < 1.29 is 28.6 Å². The van der Waals surface area contributed by atoms with Crippen molar-refractivity contribution in [2.75, 3.05) is 20.8 Å². The zero-order chi connectivity index (χ0) is 11.8. The Labute approximate surface area is 86.8 Å². The zero-order valence-electron chi connectivity index (χ0n) is 8.73. The number of methoxy groups -OCH3 is 2. The predicted molar refractivity (Wildman–Crippen MR) is 48.7 cm³/mol. The second kappa shape index (κ2) is 6.58. The third-order valence-electron chi connectivity index (χ3n) is 1.39. The zero-order valence-corrected chi connectivity index (χ0v) is 8.73. The lowest BCUT2D eigenvalue weighted by molar-refractivity contribution is -0.152. The largest absolute Gasteiger partial charge is 0.500 e. The smallest absolute Gasteiger partial charge is 0.379 e. The fourth-order valence-electron chi connectivity index (χ4n) is 0.674. The highest BCUT2D eigenvalue weighted by molar-refractivity contribution is 6.46. The molecule has 6 heteroatoms. The third kappa shape index (κ3) is 3.80. The maximum atomic E-state index is 11.3. The Balaban J connectivity index is 4.86. The lowest BCUT2D eigenvalue weighted by Crippen LogP contribution is -2.23. The minimum Gasteiger partial charge on any atom is -0.500 e. The molecule has 0 aromatic carbocycles. The van der Waals surface area contributed by atoms with Gasteiger partial charge in [0.1, 0.15) is 11.8 Å². The second-order valence-corrected chi connectivity index (χ2v) is 2.30. The first-order valence-electron chi connectivity index (χ1n) is 4.11. The monoisotopic (exact) mass is 216 g/mol. The molecule has 0 saturated heterocycles. The molecule has 0 aromatic rings. The molecule has 6 nitrogen and oxygen atoms in total. The van der Waals surface area contributed by atoms with Gasteiger partial charge in [0.2, 0.25) is 0 Å². The number of esters is 2. The van der Waals surface area contributed by atoms with E-state index in [9.17, 15) is 14.4 Å². The maximum Gasteiger partial charge on any atom is 0.379 e. The Morgan fingerprint density at radius 3 is 2.00 bits per heavy atom. The van der Waals surface area contributed by atoms with Crippen molar-refractivity contribution in [3.8, 4) is 0 Å². The summed E-state index contributed by atoms with van der Waals surface area (Å²) in [5.41, 5.74) is -0.494. The molecule has 0 radical (unpaired) electrons. The van der Waals surface area contributed by atoms with Crippen LogP contribution in [0.1, 0.15) is 6.92 Å². The Morgan fingerprint density at radius 2 is 1.60 bits per heavy atom. The van der Waals surface area contributed by atoms with Gasteiger partial charge in [-0.3, -0.25) is 4.79 Å². The number of rotatable bonds is 5. The molecular formula is C9H12O6. The summed E-state index contributed by atoms with van der Waals surface area (Å²) in [4.78, 5) is 33.2. The molecule has 0 fully saturated rings. The van der Waals surface area contributed by atoms with E-state index in [0.717, 1.165) is 20.5 Å². The SMILES string of the molecule is CCOC=C(C(=O)OC)C(=O)C(=O)OC. The van der Waals surface area contributed by atoms with Crippen molar-refractivity contribution in [1.29, 1.82) is 0 Å². The Morgan fingerprint density at radius 1 is 1.07 bits per heavy atom. The van der Waals surface area contributed by atoms with Crippen LogP contribution in [-0.2, 0) is 28.6 Å². The van der Waals surface area contributed by atoms with Crippen LogP contribution in [0.5, 0.6) is 0 Å². The maximum absolute atomic E-state index is 11.3. The van der Waals surface area contributed by atoms with Crippen LogP contribution in [0, 0.1) is 0 Å². The van der Waals surface area contributed by atoms with Gasteiger partial charge in [-0.05, 0) is 6.92 Å². The molecule has 0 N–H and O–H groups in total. The van der Waals surface area contributed by atoms with E-state index in [4.69, 9.17) is 4.74 Å². The summed E-state index contributed by atoms with van der Waals surface area (Å²) in [5.74, 6) is -3.19. The second-order valence-electron chi connectivity index (χ2n) is 2.30. The van der Waals surface area contributed by atoms with Crippen LogP contribution in [0.4, 0.5) is 0 Å². The van der Waals surface area contributed by atoms with Gasteiger partial charge in [0, 0.05) is 0 Å². The van der Waals surface area contributed by atoms with Crippen LogP contribution in [-0.4, -0.2) is 38.5 Å². The summed E-state index contributed by atoms with van der Waals surface area (Å²) in [6, 6.07) is 0. The minimum absolute atomic E-state index is 0.259. The Hall–Kier alpha value is -1.85. The van der Waals surface area contributed by atoms with Gasteiger partial charge in [-0.2, -0.15) is 0 Å². The first kappa shape index (κ1) is 13.2. The van der Waals surface area contributed by atoms with E-state index >= 15 is 0 Å². The highest BCUT2D eigenvalue weighted by Gasteiger charge is 2.26. The topological polar surface area (TPSA) is 78.9 Å². The molecular weight excluding hydrogens is 204 g/mol. The van der Waals surface area contributed by atoms with Gasteiger partial charge in [0.25, 0.3) is 5.78 Å². The fourth-order valence-corrected chi connectivity index (χ4v) is 0.674. The molecule has 0 aliphatic carbocycles. The first-order chi connectivity index (χ1) is 7.08. The molecule has 0 heterocycles. The summed E-state index contributed by atoms with van der Waals surface area (Å²) in [6.45, 7) is 1.92. The van der Waals surface area contributed by atoms with Gasteiger partial charge < -0.3 is 14.2 Å². The first-order valence-corrected chi connectivity index (χ1v) is 4.11. The standard InChI is InChI=1S/C9H12O6/c1-4-15-5-6(8(11)13-2)7(10)9(12)14-3/h5H,4H2,1-3H3. The van der Waals surface area contributed by atoms with Crippen molar-refractivity contribution in [3.05, 3.63) is 11.8 Å². The van der Waals surface area contributed by atoms with Crippen LogP contribution in [0.25, 0.3) is 0 Å². The van der Waals surface area contributed by atoms with E-state index < -0.39 is 23.3 Å². The molecule has 0 aliphatic heterocycles. The van der Waals surface area contributed by atoms with Crippen molar-refractivity contribution in [1.82, 2.24) is 0 Å². The molecule has 0 spiro atoms. The lowest BCUT2D eigenvalue weighted by Gasteiger charge is -2.03. The van der Waals surface area contributed by atoms with E-state index in [2.05, 4.69) is 9.47 Å². The van der Waals surface area contributed by atoms with E-state index in [1.807, 2.05) is 0 Å².